The molecule has 0 spiro atoms. The number of hydrogen-bond donors (Lipinski definition) is 1. The van der Waals surface area contributed by atoms with E-state index < -0.39 is 0 Å². The van der Waals surface area contributed by atoms with Gasteiger partial charge in [0.1, 0.15) is 0 Å². The fourth-order valence-corrected chi connectivity index (χ4v) is 1.84. The van der Waals surface area contributed by atoms with E-state index >= 15 is 0 Å². The summed E-state index contributed by atoms with van der Waals surface area (Å²) in [5, 5.41) is 3.50. The first kappa shape index (κ1) is 15.9. The molecule has 0 bridgehead atoms. The minimum Gasteiger partial charge on any atom is -0.316 e. The van der Waals surface area contributed by atoms with Gasteiger partial charge in [-0.15, -0.1) is 0 Å². The maximum Gasteiger partial charge on any atom is 0.00671 e. The Kier molecular flexibility index (Phi) is 8.96. The van der Waals surface area contributed by atoms with Crippen molar-refractivity contribution in [2.45, 2.75) is 66.0 Å². The molecule has 0 saturated carbocycles. The van der Waals surface area contributed by atoms with Crippen molar-refractivity contribution in [1.82, 2.24) is 10.2 Å². The van der Waals surface area contributed by atoms with Crippen molar-refractivity contribution in [3.05, 3.63) is 0 Å². The van der Waals surface area contributed by atoms with Gasteiger partial charge in [-0.25, -0.2) is 0 Å². The van der Waals surface area contributed by atoms with Crippen LogP contribution in [0, 0.1) is 5.92 Å². The SMILES string of the molecule is CCC(C)N(C)C(C)CCCNCC(C)C. The summed E-state index contributed by atoms with van der Waals surface area (Å²) in [4.78, 5) is 2.50. The van der Waals surface area contributed by atoms with Gasteiger partial charge < -0.3 is 10.2 Å². The molecule has 2 heteroatoms. The van der Waals surface area contributed by atoms with Crippen LogP contribution in [0.1, 0.15) is 53.9 Å². The standard InChI is InChI=1S/C14H32N2/c1-7-13(4)16(6)14(5)9-8-10-15-11-12(2)3/h12-15H,7-11H2,1-6H3. The van der Waals surface area contributed by atoms with Crippen LogP contribution in [-0.2, 0) is 0 Å². The third-order valence-corrected chi connectivity index (χ3v) is 3.51. The second-order valence-electron chi connectivity index (χ2n) is 5.51. The van der Waals surface area contributed by atoms with Gasteiger partial charge in [0.25, 0.3) is 0 Å². The number of nitrogens with one attached hydrogen (secondary N) is 1. The molecule has 0 heterocycles. The molecule has 0 aliphatic rings. The Morgan fingerprint density at radius 1 is 1.06 bits per heavy atom. The maximum atomic E-state index is 3.50. The first-order valence-electron chi connectivity index (χ1n) is 6.91. The van der Waals surface area contributed by atoms with E-state index in [0.717, 1.165) is 19.0 Å². The lowest BCUT2D eigenvalue weighted by Gasteiger charge is -2.30. The summed E-state index contributed by atoms with van der Waals surface area (Å²) in [5.74, 6) is 0.764. The zero-order valence-electron chi connectivity index (χ0n) is 12.2. The number of hydrogen-bond acceptors (Lipinski definition) is 2. The predicted octanol–water partition coefficient (Wildman–Crippen LogP) is 3.13. The van der Waals surface area contributed by atoms with E-state index in [-0.39, 0.29) is 0 Å². The molecular weight excluding hydrogens is 196 g/mol. The first-order valence-corrected chi connectivity index (χ1v) is 6.91. The highest BCUT2D eigenvalue weighted by molar-refractivity contribution is 4.69. The monoisotopic (exact) mass is 228 g/mol. The predicted molar refractivity (Wildman–Crippen MR) is 73.9 cm³/mol. The molecule has 16 heavy (non-hydrogen) atoms. The second-order valence-corrected chi connectivity index (χ2v) is 5.51. The fourth-order valence-electron chi connectivity index (χ4n) is 1.84. The summed E-state index contributed by atoms with van der Waals surface area (Å²) >= 11 is 0. The Bertz CT molecular complexity index is 157. The molecule has 1 N–H and O–H groups in total. The smallest absolute Gasteiger partial charge is 0.00671 e. The molecule has 0 radical (unpaired) electrons. The van der Waals surface area contributed by atoms with E-state index in [1.54, 1.807) is 0 Å². The molecule has 0 aliphatic carbocycles. The number of rotatable bonds is 9. The van der Waals surface area contributed by atoms with E-state index in [4.69, 9.17) is 0 Å². The molecule has 0 aromatic rings. The minimum atomic E-state index is 0.704. The highest BCUT2D eigenvalue weighted by Crippen LogP contribution is 2.10. The Morgan fingerprint density at radius 2 is 1.69 bits per heavy atom. The lowest BCUT2D eigenvalue weighted by atomic mass is 10.1. The van der Waals surface area contributed by atoms with Crippen LogP contribution in [0.15, 0.2) is 0 Å². The molecular formula is C14H32N2. The van der Waals surface area contributed by atoms with Gasteiger partial charge in [-0.3, -0.25) is 0 Å². The number of nitrogens with zero attached hydrogens (tertiary/aromatic N) is 1. The second kappa shape index (κ2) is 9.00. The van der Waals surface area contributed by atoms with E-state index in [1.807, 2.05) is 0 Å². The molecule has 0 fully saturated rings. The van der Waals surface area contributed by atoms with E-state index in [9.17, 15) is 0 Å². The third-order valence-electron chi connectivity index (χ3n) is 3.51. The molecule has 0 saturated heterocycles. The van der Waals surface area contributed by atoms with Crippen molar-refractivity contribution in [3.63, 3.8) is 0 Å². The lowest BCUT2D eigenvalue weighted by Crippen LogP contribution is -2.36. The minimum absolute atomic E-state index is 0.704. The van der Waals surface area contributed by atoms with Gasteiger partial charge >= 0.3 is 0 Å². The molecule has 0 amide bonds. The Morgan fingerprint density at radius 3 is 2.19 bits per heavy atom. The van der Waals surface area contributed by atoms with Crippen LogP contribution in [0.25, 0.3) is 0 Å². The summed E-state index contributed by atoms with van der Waals surface area (Å²) in [5.41, 5.74) is 0. The quantitative estimate of drug-likeness (QED) is 0.610. The molecule has 2 unspecified atom stereocenters. The van der Waals surface area contributed by atoms with Crippen molar-refractivity contribution >= 4 is 0 Å². The summed E-state index contributed by atoms with van der Waals surface area (Å²) in [6.07, 6.45) is 3.83. The van der Waals surface area contributed by atoms with Crippen LogP contribution < -0.4 is 5.32 Å². The summed E-state index contributed by atoms with van der Waals surface area (Å²) < 4.78 is 0. The van der Waals surface area contributed by atoms with Crippen molar-refractivity contribution in [2.24, 2.45) is 5.92 Å². The van der Waals surface area contributed by atoms with Crippen molar-refractivity contribution < 1.29 is 0 Å². The molecule has 0 rings (SSSR count). The molecule has 2 nitrogen and oxygen atoms in total. The average Bonchev–Trinajstić information content (AvgIpc) is 2.25. The van der Waals surface area contributed by atoms with Gasteiger partial charge in [0.05, 0.1) is 0 Å². The van der Waals surface area contributed by atoms with Crippen molar-refractivity contribution in [2.75, 3.05) is 20.1 Å². The van der Waals surface area contributed by atoms with Gasteiger partial charge in [-0.1, -0.05) is 20.8 Å². The van der Waals surface area contributed by atoms with Crippen LogP contribution in [0.2, 0.25) is 0 Å². The van der Waals surface area contributed by atoms with Crippen LogP contribution in [0.5, 0.6) is 0 Å². The van der Waals surface area contributed by atoms with Crippen LogP contribution in [-0.4, -0.2) is 37.1 Å². The summed E-state index contributed by atoms with van der Waals surface area (Å²) in [7, 11) is 2.25. The molecule has 0 aromatic carbocycles. The van der Waals surface area contributed by atoms with Crippen LogP contribution >= 0.6 is 0 Å². The van der Waals surface area contributed by atoms with Gasteiger partial charge in [-0.05, 0) is 59.2 Å². The van der Waals surface area contributed by atoms with Gasteiger partial charge in [0, 0.05) is 12.1 Å². The highest BCUT2D eigenvalue weighted by Gasteiger charge is 2.13. The van der Waals surface area contributed by atoms with Gasteiger partial charge in [0.15, 0.2) is 0 Å². The maximum absolute atomic E-state index is 3.50. The molecule has 0 aliphatic heterocycles. The first-order chi connectivity index (χ1) is 7.49. The summed E-state index contributed by atoms with van der Waals surface area (Å²) in [6.45, 7) is 13.7. The zero-order valence-corrected chi connectivity index (χ0v) is 12.2. The lowest BCUT2D eigenvalue weighted by molar-refractivity contribution is 0.181. The van der Waals surface area contributed by atoms with E-state index in [1.165, 1.54) is 19.3 Å². The molecule has 98 valence electrons. The molecule has 2 atom stereocenters. The van der Waals surface area contributed by atoms with E-state index in [0.29, 0.717) is 12.1 Å². The van der Waals surface area contributed by atoms with E-state index in [2.05, 4.69) is 51.9 Å². The largest absolute Gasteiger partial charge is 0.316 e. The summed E-state index contributed by atoms with van der Waals surface area (Å²) in [6, 6.07) is 1.41. The Labute approximate surface area is 103 Å². The van der Waals surface area contributed by atoms with Gasteiger partial charge in [-0.2, -0.15) is 0 Å². The van der Waals surface area contributed by atoms with Crippen molar-refractivity contribution in [1.29, 1.82) is 0 Å². The highest BCUT2D eigenvalue weighted by atomic mass is 15.1. The average molecular weight is 228 g/mol. The van der Waals surface area contributed by atoms with Crippen LogP contribution in [0.3, 0.4) is 0 Å². The van der Waals surface area contributed by atoms with Crippen LogP contribution in [0.4, 0.5) is 0 Å². The fraction of sp³-hybridized carbons (Fsp3) is 1.00. The Balaban J connectivity index is 3.53. The normalized spacial score (nSPS) is 15.8. The zero-order chi connectivity index (χ0) is 12.6. The molecule has 0 aromatic heterocycles. The van der Waals surface area contributed by atoms with Crippen molar-refractivity contribution in [3.8, 4) is 0 Å². The third kappa shape index (κ3) is 7.24. The topological polar surface area (TPSA) is 15.3 Å². The Hall–Kier alpha value is -0.0800. The van der Waals surface area contributed by atoms with Gasteiger partial charge in [0.2, 0.25) is 0 Å².